The SMILES string of the molecule is CCN[C@H]1CN(CCCOC)S(=O)(=O)c2sc(S(=O)(=O)NC(=O)[C@H](C)C(=O)[C@H](C)O)cc21. The number of methoxy groups -OCH3 is 1. The van der Waals surface area contributed by atoms with Gasteiger partial charge in [0.15, 0.2) is 5.78 Å². The number of aliphatic hydroxyl groups is 1. The number of carbonyl (C=O) groups is 2. The Kier molecular flexibility index (Phi) is 8.95. The highest BCUT2D eigenvalue weighted by atomic mass is 32.3. The summed E-state index contributed by atoms with van der Waals surface area (Å²) in [5, 5.41) is 12.5. The highest BCUT2D eigenvalue weighted by Gasteiger charge is 2.40. The minimum atomic E-state index is -4.43. The van der Waals surface area contributed by atoms with Crippen LogP contribution < -0.4 is 10.0 Å². The maximum atomic E-state index is 13.1. The lowest BCUT2D eigenvalue weighted by atomic mass is 10.0. The predicted molar refractivity (Wildman–Crippen MR) is 117 cm³/mol. The molecular weight excluding hydrogens is 482 g/mol. The molecule has 1 aromatic rings. The number of likely N-dealkylation sites (N-methyl/N-ethyl adjacent to an activating group) is 1. The topological polar surface area (TPSA) is 159 Å². The van der Waals surface area contributed by atoms with Gasteiger partial charge in [-0.2, -0.15) is 4.31 Å². The van der Waals surface area contributed by atoms with Crippen LogP contribution in [0.3, 0.4) is 0 Å². The monoisotopic (exact) mass is 511 g/mol. The van der Waals surface area contributed by atoms with Gasteiger partial charge in [0.2, 0.25) is 5.91 Å². The molecule has 1 aliphatic heterocycles. The first-order valence-corrected chi connectivity index (χ1v) is 13.7. The second kappa shape index (κ2) is 10.7. The zero-order chi connectivity index (χ0) is 24.3. The van der Waals surface area contributed by atoms with Crippen LogP contribution in [0.25, 0.3) is 0 Å². The van der Waals surface area contributed by atoms with Crippen molar-refractivity contribution < 1.29 is 36.3 Å². The fraction of sp³-hybridized carbons (Fsp3) is 0.667. The molecule has 1 aromatic heterocycles. The third-order valence-electron chi connectivity index (χ3n) is 4.98. The molecular formula is C18H29N3O8S3. The zero-order valence-corrected chi connectivity index (χ0v) is 20.8. The molecule has 2 heterocycles. The summed E-state index contributed by atoms with van der Waals surface area (Å²) in [5.74, 6) is -3.33. The molecule has 1 aliphatic rings. The number of carbonyl (C=O) groups excluding carboxylic acids is 2. The number of aliphatic hydroxyl groups excluding tert-OH is 1. The lowest BCUT2D eigenvalue weighted by molar-refractivity contribution is -0.136. The smallest absolute Gasteiger partial charge is 0.273 e. The van der Waals surface area contributed by atoms with Crippen molar-refractivity contribution in [2.75, 3.05) is 33.4 Å². The normalized spacial score (nSPS) is 20.3. The summed E-state index contributed by atoms with van der Waals surface area (Å²) in [6, 6.07) is 0.821. The molecule has 1 amide bonds. The highest BCUT2D eigenvalue weighted by molar-refractivity contribution is 7.94. The molecule has 3 atom stereocenters. The summed E-state index contributed by atoms with van der Waals surface area (Å²) in [6.07, 6.45) is -0.950. The first-order valence-electron chi connectivity index (χ1n) is 10.0. The van der Waals surface area contributed by atoms with Crippen LogP contribution in [0.2, 0.25) is 0 Å². The van der Waals surface area contributed by atoms with Crippen molar-refractivity contribution in [3.63, 3.8) is 0 Å². The van der Waals surface area contributed by atoms with Gasteiger partial charge < -0.3 is 15.2 Å². The number of nitrogens with one attached hydrogen (secondary N) is 2. The van der Waals surface area contributed by atoms with Crippen molar-refractivity contribution in [1.29, 1.82) is 0 Å². The number of hydrogen-bond acceptors (Lipinski definition) is 10. The van der Waals surface area contributed by atoms with E-state index in [1.54, 1.807) is 0 Å². The van der Waals surface area contributed by atoms with Crippen molar-refractivity contribution >= 4 is 43.1 Å². The third-order valence-corrected chi connectivity index (χ3v) is 10.3. The number of thiophene rings is 1. The van der Waals surface area contributed by atoms with Crippen molar-refractivity contribution in [2.45, 2.75) is 47.8 Å². The van der Waals surface area contributed by atoms with E-state index >= 15 is 0 Å². The van der Waals surface area contributed by atoms with E-state index < -0.39 is 49.8 Å². The van der Waals surface area contributed by atoms with Crippen molar-refractivity contribution in [2.24, 2.45) is 5.92 Å². The molecule has 0 aromatic carbocycles. The standard InChI is InChI=1S/C18H29N3O8S3/c1-5-19-14-10-21(7-6-8-29-4)32(27,28)18-13(14)9-15(30-18)31(25,26)20-17(24)11(2)16(23)12(3)22/h9,11-12,14,19,22H,5-8,10H2,1-4H3,(H,20,24)/t11-,12+,14+/m1/s1. The minimum absolute atomic E-state index is 0.104. The first kappa shape index (κ1) is 26.8. The van der Waals surface area contributed by atoms with Gasteiger partial charge in [-0.3, -0.25) is 9.59 Å². The zero-order valence-electron chi connectivity index (χ0n) is 18.3. The Morgan fingerprint density at radius 1 is 1.38 bits per heavy atom. The lowest BCUT2D eigenvalue weighted by Gasteiger charge is -2.32. The molecule has 2 rings (SSSR count). The Morgan fingerprint density at radius 2 is 2.03 bits per heavy atom. The Bertz CT molecular complexity index is 1050. The number of ether oxygens (including phenoxy) is 1. The number of hydrogen-bond donors (Lipinski definition) is 3. The number of fused-ring (bicyclic) bond motifs is 1. The second-order valence-electron chi connectivity index (χ2n) is 7.40. The quantitative estimate of drug-likeness (QED) is 0.271. The Hall–Kier alpha value is -1.42. The average molecular weight is 512 g/mol. The van der Waals surface area contributed by atoms with Gasteiger partial charge >= 0.3 is 0 Å². The average Bonchev–Trinajstić information content (AvgIpc) is 3.18. The minimum Gasteiger partial charge on any atom is -0.386 e. The Morgan fingerprint density at radius 3 is 2.59 bits per heavy atom. The van der Waals surface area contributed by atoms with Crippen LogP contribution in [0.4, 0.5) is 0 Å². The molecule has 3 N–H and O–H groups in total. The molecule has 0 saturated heterocycles. The number of Topliss-reactive ketones (excluding diaryl/α,β-unsaturated/α-hetero) is 1. The third kappa shape index (κ3) is 5.73. The van der Waals surface area contributed by atoms with Crippen LogP contribution in [0.15, 0.2) is 14.5 Å². The number of rotatable bonds is 11. The molecule has 11 nitrogen and oxygen atoms in total. The summed E-state index contributed by atoms with van der Waals surface area (Å²) >= 11 is 0.552. The van der Waals surface area contributed by atoms with Gasteiger partial charge in [-0.1, -0.05) is 6.92 Å². The van der Waals surface area contributed by atoms with E-state index in [0.29, 0.717) is 36.5 Å². The van der Waals surface area contributed by atoms with Crippen LogP contribution in [0.1, 0.15) is 38.8 Å². The number of amides is 1. The molecule has 0 fully saturated rings. The molecule has 14 heteroatoms. The fourth-order valence-electron chi connectivity index (χ4n) is 3.24. The first-order chi connectivity index (χ1) is 14.9. The van der Waals surface area contributed by atoms with Gasteiger partial charge in [-0.05, 0) is 32.9 Å². The van der Waals surface area contributed by atoms with Crippen LogP contribution in [-0.4, -0.2) is 77.4 Å². The molecule has 32 heavy (non-hydrogen) atoms. The van der Waals surface area contributed by atoms with Gasteiger partial charge in [-0.25, -0.2) is 21.6 Å². The molecule has 0 unspecified atom stereocenters. The summed E-state index contributed by atoms with van der Waals surface area (Å²) in [4.78, 5) is 24.1. The Labute approximate surface area is 192 Å². The van der Waals surface area contributed by atoms with Crippen LogP contribution in [0, 0.1) is 5.92 Å². The number of ketones is 1. The fourth-order valence-corrected chi connectivity index (χ4v) is 8.18. The van der Waals surface area contributed by atoms with Crippen LogP contribution in [-0.2, 0) is 34.4 Å². The summed E-state index contributed by atoms with van der Waals surface area (Å²) in [6.45, 7) is 5.47. The van der Waals surface area contributed by atoms with E-state index in [9.17, 15) is 31.5 Å². The molecule has 0 spiro atoms. The van der Waals surface area contributed by atoms with E-state index in [2.05, 4.69) is 5.32 Å². The van der Waals surface area contributed by atoms with Gasteiger partial charge in [-0.15, -0.1) is 11.3 Å². The molecule has 0 saturated carbocycles. The summed E-state index contributed by atoms with van der Waals surface area (Å²) < 4.78 is 59.4. The number of nitrogens with zero attached hydrogens (tertiary/aromatic N) is 1. The van der Waals surface area contributed by atoms with Gasteiger partial charge in [0, 0.05) is 38.4 Å². The second-order valence-corrected chi connectivity index (χ2v) is 12.5. The Balaban J connectivity index is 2.38. The van der Waals surface area contributed by atoms with E-state index in [-0.39, 0.29) is 21.5 Å². The predicted octanol–water partition coefficient (Wildman–Crippen LogP) is -0.170. The van der Waals surface area contributed by atoms with Crippen molar-refractivity contribution in [1.82, 2.24) is 14.3 Å². The molecule has 0 bridgehead atoms. The van der Waals surface area contributed by atoms with Crippen LogP contribution in [0.5, 0.6) is 0 Å². The van der Waals surface area contributed by atoms with Crippen LogP contribution >= 0.6 is 11.3 Å². The highest BCUT2D eigenvalue weighted by Crippen LogP contribution is 2.40. The molecule has 0 radical (unpaired) electrons. The van der Waals surface area contributed by atoms with Gasteiger partial charge in [0.05, 0.1) is 5.92 Å². The van der Waals surface area contributed by atoms with E-state index in [1.807, 2.05) is 11.6 Å². The summed E-state index contributed by atoms with van der Waals surface area (Å²) in [7, 11) is -6.84. The van der Waals surface area contributed by atoms with E-state index in [0.717, 1.165) is 0 Å². The maximum Gasteiger partial charge on any atom is 0.273 e. The maximum absolute atomic E-state index is 13.1. The van der Waals surface area contributed by atoms with E-state index in [1.165, 1.54) is 31.3 Å². The molecule has 0 aliphatic carbocycles. The van der Waals surface area contributed by atoms with E-state index in [4.69, 9.17) is 4.74 Å². The van der Waals surface area contributed by atoms with Gasteiger partial charge in [0.25, 0.3) is 20.0 Å². The lowest BCUT2D eigenvalue weighted by Crippen LogP contribution is -2.43. The van der Waals surface area contributed by atoms with Crippen molar-refractivity contribution in [3.8, 4) is 0 Å². The van der Waals surface area contributed by atoms with Crippen molar-refractivity contribution in [3.05, 3.63) is 11.6 Å². The number of sulfonamides is 2. The largest absolute Gasteiger partial charge is 0.386 e. The summed E-state index contributed by atoms with van der Waals surface area (Å²) in [5.41, 5.74) is 0.320. The van der Waals surface area contributed by atoms with Gasteiger partial charge in [0.1, 0.15) is 14.5 Å². The molecule has 182 valence electrons.